The van der Waals surface area contributed by atoms with E-state index in [1.54, 1.807) is 6.07 Å². The molecule has 2 amide bonds. The summed E-state index contributed by atoms with van der Waals surface area (Å²) in [4.78, 5) is 26.3. The molecular weight excluding hydrogens is 295 g/mol. The maximum atomic E-state index is 13.4. The van der Waals surface area contributed by atoms with Crippen molar-refractivity contribution in [1.82, 2.24) is 10.2 Å². The Kier molecular flexibility index (Phi) is 4.37. The van der Waals surface area contributed by atoms with Crippen molar-refractivity contribution in [3.05, 3.63) is 35.6 Å². The van der Waals surface area contributed by atoms with Gasteiger partial charge in [0.25, 0.3) is 0 Å². The van der Waals surface area contributed by atoms with Gasteiger partial charge in [0.2, 0.25) is 11.8 Å². The Morgan fingerprint density at radius 2 is 2.26 bits per heavy atom. The lowest BCUT2D eigenvalue weighted by molar-refractivity contribution is -0.141. The van der Waals surface area contributed by atoms with Gasteiger partial charge in [0.15, 0.2) is 0 Å². The maximum absolute atomic E-state index is 13.4. The van der Waals surface area contributed by atoms with Crippen molar-refractivity contribution in [1.29, 1.82) is 0 Å². The fourth-order valence-corrected chi connectivity index (χ4v) is 3.85. The summed E-state index contributed by atoms with van der Waals surface area (Å²) in [5.41, 5.74) is 0.590. The highest BCUT2D eigenvalue weighted by molar-refractivity contribution is 5.89. The molecule has 0 saturated carbocycles. The summed E-state index contributed by atoms with van der Waals surface area (Å²) in [5, 5.41) is 2.81. The van der Waals surface area contributed by atoms with E-state index in [1.165, 1.54) is 12.1 Å². The Labute approximate surface area is 136 Å². The predicted octanol–water partition coefficient (Wildman–Crippen LogP) is 2.42. The molecule has 2 fully saturated rings. The van der Waals surface area contributed by atoms with Gasteiger partial charge in [-0.25, -0.2) is 4.39 Å². The molecule has 1 aromatic carbocycles. The maximum Gasteiger partial charge on any atom is 0.245 e. The minimum absolute atomic E-state index is 0.00875. The van der Waals surface area contributed by atoms with E-state index in [4.69, 9.17) is 0 Å². The lowest BCUT2D eigenvalue weighted by Gasteiger charge is -2.38. The molecule has 2 saturated heterocycles. The van der Waals surface area contributed by atoms with Gasteiger partial charge in [0.05, 0.1) is 0 Å². The zero-order valence-electron chi connectivity index (χ0n) is 13.5. The first-order valence-corrected chi connectivity index (χ1v) is 8.33. The topological polar surface area (TPSA) is 49.4 Å². The molecule has 0 aromatic heterocycles. The molecule has 2 aliphatic heterocycles. The molecule has 1 aromatic rings. The molecule has 1 unspecified atom stereocenters. The van der Waals surface area contributed by atoms with Crippen molar-refractivity contribution in [2.45, 2.75) is 57.0 Å². The van der Waals surface area contributed by atoms with E-state index in [1.807, 2.05) is 11.0 Å². The van der Waals surface area contributed by atoms with Gasteiger partial charge < -0.3 is 10.2 Å². The first-order chi connectivity index (χ1) is 11.0. The fraction of sp³-hybridized carbons (Fsp3) is 0.556. The number of hydrogen-bond acceptors (Lipinski definition) is 2. The Bertz CT molecular complexity index is 619. The Balaban J connectivity index is 1.75. The fourth-order valence-electron chi connectivity index (χ4n) is 3.85. The van der Waals surface area contributed by atoms with Crippen molar-refractivity contribution in [2.24, 2.45) is 0 Å². The van der Waals surface area contributed by atoms with E-state index in [9.17, 15) is 14.0 Å². The third-order valence-electron chi connectivity index (χ3n) is 5.02. The quantitative estimate of drug-likeness (QED) is 0.930. The van der Waals surface area contributed by atoms with E-state index in [-0.39, 0.29) is 23.2 Å². The van der Waals surface area contributed by atoms with Gasteiger partial charge in [-0.15, -0.1) is 0 Å². The highest BCUT2D eigenvalue weighted by Gasteiger charge is 2.42. The number of rotatable bonds is 3. The van der Waals surface area contributed by atoms with Crippen LogP contribution in [0, 0.1) is 5.82 Å². The third-order valence-corrected chi connectivity index (χ3v) is 5.02. The minimum atomic E-state index is -0.402. The number of piperidine rings is 1. The number of carbonyl (C=O) groups is 2. The zero-order valence-corrected chi connectivity index (χ0v) is 13.5. The van der Waals surface area contributed by atoms with Gasteiger partial charge >= 0.3 is 0 Å². The zero-order chi connectivity index (χ0) is 16.4. The van der Waals surface area contributed by atoms with Crippen LogP contribution in [0.25, 0.3) is 0 Å². The van der Waals surface area contributed by atoms with E-state index >= 15 is 0 Å². The number of nitrogens with one attached hydrogen (secondary N) is 1. The first-order valence-electron chi connectivity index (χ1n) is 8.33. The molecule has 2 atom stereocenters. The Morgan fingerprint density at radius 1 is 1.43 bits per heavy atom. The highest BCUT2D eigenvalue weighted by atomic mass is 19.1. The number of halogens is 1. The van der Waals surface area contributed by atoms with Crippen molar-refractivity contribution in [3.8, 4) is 0 Å². The molecular formula is C18H23FN2O2. The number of carbonyl (C=O) groups excluding carboxylic acids is 2. The molecule has 0 bridgehead atoms. The number of nitrogens with zero attached hydrogens (tertiary/aromatic N) is 1. The second-order valence-electron chi connectivity index (χ2n) is 6.91. The summed E-state index contributed by atoms with van der Waals surface area (Å²) >= 11 is 0. The van der Waals surface area contributed by atoms with E-state index in [0.717, 1.165) is 24.8 Å². The van der Waals surface area contributed by atoms with Gasteiger partial charge in [-0.2, -0.15) is 0 Å². The molecule has 124 valence electrons. The van der Waals surface area contributed by atoms with Crippen LogP contribution in [0.4, 0.5) is 4.39 Å². The summed E-state index contributed by atoms with van der Waals surface area (Å²) in [5.74, 6) is -0.281. The second-order valence-corrected chi connectivity index (χ2v) is 6.91. The second kappa shape index (κ2) is 6.30. The van der Waals surface area contributed by atoms with Crippen molar-refractivity contribution in [3.63, 3.8) is 0 Å². The van der Waals surface area contributed by atoms with E-state index in [2.05, 4.69) is 12.2 Å². The largest absolute Gasteiger partial charge is 0.344 e. The number of benzene rings is 1. The normalized spacial score (nSPS) is 27.8. The van der Waals surface area contributed by atoms with Crippen LogP contribution in [0.2, 0.25) is 0 Å². The van der Waals surface area contributed by atoms with Crippen LogP contribution in [0.3, 0.4) is 0 Å². The molecule has 23 heavy (non-hydrogen) atoms. The van der Waals surface area contributed by atoms with Gasteiger partial charge in [-0.3, -0.25) is 9.59 Å². The van der Waals surface area contributed by atoms with Crippen molar-refractivity contribution < 1.29 is 14.0 Å². The van der Waals surface area contributed by atoms with Gasteiger partial charge in [-0.1, -0.05) is 12.1 Å². The monoisotopic (exact) mass is 318 g/mol. The van der Waals surface area contributed by atoms with Crippen LogP contribution in [0.15, 0.2) is 24.3 Å². The average molecular weight is 318 g/mol. The van der Waals surface area contributed by atoms with Crippen LogP contribution in [0.5, 0.6) is 0 Å². The predicted molar refractivity (Wildman–Crippen MR) is 85.2 cm³/mol. The summed E-state index contributed by atoms with van der Waals surface area (Å²) in [7, 11) is 0. The SMILES string of the molecule is CC1(Cc2cccc(F)c2)CCCN1C(=O)[C@H]1CCCC(=O)N1. The molecule has 3 rings (SSSR count). The molecule has 5 heteroatoms. The highest BCUT2D eigenvalue weighted by Crippen LogP contribution is 2.33. The number of amides is 2. The van der Waals surface area contributed by atoms with Crippen LogP contribution < -0.4 is 5.32 Å². The summed E-state index contributed by atoms with van der Waals surface area (Å²) in [6.07, 6.45) is 4.45. The van der Waals surface area contributed by atoms with Crippen molar-refractivity contribution >= 4 is 11.8 Å². The molecule has 2 aliphatic rings. The average Bonchev–Trinajstić information content (AvgIpc) is 2.88. The summed E-state index contributed by atoms with van der Waals surface area (Å²) in [6, 6.07) is 6.17. The van der Waals surface area contributed by atoms with Gasteiger partial charge in [0, 0.05) is 18.5 Å². The Hall–Kier alpha value is -1.91. The molecule has 4 nitrogen and oxygen atoms in total. The summed E-state index contributed by atoms with van der Waals surface area (Å²) in [6.45, 7) is 2.77. The molecule has 0 spiro atoms. The molecule has 0 aliphatic carbocycles. The van der Waals surface area contributed by atoms with Gasteiger partial charge in [0.1, 0.15) is 11.9 Å². The van der Waals surface area contributed by atoms with E-state index in [0.29, 0.717) is 25.8 Å². The third kappa shape index (κ3) is 3.38. The summed E-state index contributed by atoms with van der Waals surface area (Å²) < 4.78 is 13.4. The van der Waals surface area contributed by atoms with Crippen LogP contribution in [0.1, 0.15) is 44.6 Å². The first kappa shape index (κ1) is 16.0. The van der Waals surface area contributed by atoms with Crippen LogP contribution in [-0.4, -0.2) is 34.8 Å². The van der Waals surface area contributed by atoms with Gasteiger partial charge in [-0.05, 0) is 56.7 Å². The van der Waals surface area contributed by atoms with Crippen LogP contribution >= 0.6 is 0 Å². The standard InChI is InChI=1S/C18H23FN2O2/c1-18(12-13-5-2-6-14(19)11-13)9-4-10-21(18)17(23)15-7-3-8-16(22)20-15/h2,5-6,11,15H,3-4,7-10,12H2,1H3,(H,20,22)/t15-,18?/m1/s1. The van der Waals surface area contributed by atoms with Crippen molar-refractivity contribution in [2.75, 3.05) is 6.54 Å². The Morgan fingerprint density at radius 3 is 3.00 bits per heavy atom. The minimum Gasteiger partial charge on any atom is -0.344 e. The number of hydrogen-bond donors (Lipinski definition) is 1. The molecule has 1 N–H and O–H groups in total. The molecule has 2 heterocycles. The van der Waals surface area contributed by atoms with E-state index < -0.39 is 6.04 Å². The van der Waals surface area contributed by atoms with Crippen LogP contribution in [-0.2, 0) is 16.0 Å². The lowest BCUT2D eigenvalue weighted by atomic mass is 9.89. The lowest BCUT2D eigenvalue weighted by Crippen LogP contribution is -2.55. The molecule has 0 radical (unpaired) electrons. The smallest absolute Gasteiger partial charge is 0.245 e. The number of likely N-dealkylation sites (tertiary alicyclic amines) is 1.